The van der Waals surface area contributed by atoms with Crippen molar-refractivity contribution in [2.45, 2.75) is 23.8 Å². The number of hydroxylamine groups is 2. The number of benzene rings is 2. The first-order valence-corrected chi connectivity index (χ1v) is 15.6. The van der Waals surface area contributed by atoms with Crippen LogP contribution in [0.25, 0.3) is 0 Å². The van der Waals surface area contributed by atoms with E-state index in [1.807, 2.05) is 4.90 Å². The minimum atomic E-state index is -3.95. The minimum absolute atomic E-state index is 0.00298. The molecule has 4 rings (SSSR count). The lowest BCUT2D eigenvalue weighted by Gasteiger charge is -2.43. The molecule has 0 radical (unpaired) electrons. The van der Waals surface area contributed by atoms with Gasteiger partial charge in [-0.1, -0.05) is 17.7 Å². The van der Waals surface area contributed by atoms with Gasteiger partial charge >= 0.3 is 0 Å². The third-order valence-corrected chi connectivity index (χ3v) is 11.0. The molecule has 2 saturated heterocycles. The maximum atomic E-state index is 13.3. The van der Waals surface area contributed by atoms with Crippen LogP contribution in [-0.2, 0) is 24.8 Å². The predicted molar refractivity (Wildman–Crippen MR) is 142 cm³/mol. The monoisotopic (exact) mass is 587 g/mol. The van der Waals surface area contributed by atoms with Crippen LogP contribution < -0.4 is 4.90 Å². The quantitative estimate of drug-likeness (QED) is 0.326. The Morgan fingerprint density at radius 3 is 2.34 bits per heavy atom. The first-order chi connectivity index (χ1) is 18.0. The Morgan fingerprint density at radius 2 is 1.71 bits per heavy atom. The summed E-state index contributed by atoms with van der Waals surface area (Å²) in [6.07, 6.45) is 0.841. The summed E-state index contributed by atoms with van der Waals surface area (Å²) >= 11 is 5.97. The molecule has 208 valence electrons. The highest BCUT2D eigenvalue weighted by Gasteiger charge is 2.38. The molecule has 2 heterocycles. The lowest BCUT2D eigenvalue weighted by molar-refractivity contribution is -0.118. The molecule has 2 aliphatic rings. The first-order valence-electron chi connectivity index (χ1n) is 12.2. The fourth-order valence-corrected chi connectivity index (χ4v) is 8.59. The molecule has 0 spiro atoms. The zero-order chi connectivity index (χ0) is 27.5. The van der Waals surface area contributed by atoms with Gasteiger partial charge in [0.15, 0.2) is 6.41 Å². The number of nitrogens with zero attached hydrogens (tertiary/aromatic N) is 4. The summed E-state index contributed by atoms with van der Waals surface area (Å²) < 4.78 is 68.8. The summed E-state index contributed by atoms with van der Waals surface area (Å²) in [5.74, 6) is -1.64. The van der Waals surface area contributed by atoms with Gasteiger partial charge < -0.3 is 15.2 Å². The van der Waals surface area contributed by atoms with E-state index in [9.17, 15) is 31.2 Å². The summed E-state index contributed by atoms with van der Waals surface area (Å²) in [6, 6.07) is 10.5. The van der Waals surface area contributed by atoms with Crippen LogP contribution >= 0.6 is 11.6 Å². The Morgan fingerprint density at radius 1 is 1.03 bits per heavy atom. The van der Waals surface area contributed by atoms with Crippen molar-refractivity contribution in [2.24, 2.45) is 5.92 Å². The van der Waals surface area contributed by atoms with Gasteiger partial charge in [0.2, 0.25) is 20.0 Å². The molecule has 2 unspecified atom stereocenters. The molecular weight excluding hydrogens is 559 g/mol. The predicted octanol–water partition coefficient (Wildman–Crippen LogP) is 2.36. The van der Waals surface area contributed by atoms with Gasteiger partial charge in [0.1, 0.15) is 5.82 Å². The maximum Gasteiger partial charge on any atom is 0.243 e. The third-order valence-electron chi connectivity index (χ3n) is 7.03. The molecule has 0 bridgehead atoms. The molecule has 38 heavy (non-hydrogen) atoms. The van der Waals surface area contributed by atoms with Crippen molar-refractivity contribution in [3.8, 4) is 0 Å². The second-order valence-corrected chi connectivity index (χ2v) is 13.8. The van der Waals surface area contributed by atoms with E-state index in [-0.39, 0.29) is 53.4 Å². The molecule has 10 nitrogen and oxygen atoms in total. The van der Waals surface area contributed by atoms with Crippen LogP contribution in [0.1, 0.15) is 12.8 Å². The number of anilines is 1. The molecule has 2 fully saturated rings. The summed E-state index contributed by atoms with van der Waals surface area (Å²) in [5.41, 5.74) is 0.774. The number of halogens is 2. The van der Waals surface area contributed by atoms with Gasteiger partial charge in [-0.3, -0.25) is 4.79 Å². The molecule has 0 aromatic heterocycles. The average Bonchev–Trinajstić information content (AvgIpc) is 2.92. The molecule has 2 aromatic carbocycles. The number of hydrogen-bond acceptors (Lipinski definition) is 7. The van der Waals surface area contributed by atoms with Crippen LogP contribution in [0.2, 0.25) is 5.02 Å². The Bertz CT molecular complexity index is 1340. The van der Waals surface area contributed by atoms with Gasteiger partial charge in [-0.05, 0) is 61.2 Å². The van der Waals surface area contributed by atoms with Gasteiger partial charge in [0.05, 0.1) is 10.6 Å². The second-order valence-electron chi connectivity index (χ2n) is 9.40. The highest BCUT2D eigenvalue weighted by molar-refractivity contribution is 7.89. The van der Waals surface area contributed by atoms with Gasteiger partial charge in [-0.2, -0.15) is 8.61 Å². The largest absolute Gasteiger partial charge is 0.756 e. The van der Waals surface area contributed by atoms with E-state index in [1.54, 1.807) is 18.2 Å². The Labute approximate surface area is 227 Å². The van der Waals surface area contributed by atoms with Crippen LogP contribution in [0.4, 0.5) is 10.1 Å². The molecule has 0 saturated carbocycles. The van der Waals surface area contributed by atoms with E-state index in [4.69, 9.17) is 11.6 Å². The number of amides is 1. The summed E-state index contributed by atoms with van der Waals surface area (Å²) in [4.78, 5) is 13.4. The molecule has 2 aromatic rings. The lowest BCUT2D eigenvalue weighted by atomic mass is 9.92. The molecule has 2 atom stereocenters. The van der Waals surface area contributed by atoms with Crippen molar-refractivity contribution in [1.82, 2.24) is 13.7 Å². The first kappa shape index (κ1) is 28.7. The number of carbonyl (C=O) groups is 1. The Hall–Kier alpha value is -2.29. The number of piperidine rings is 1. The van der Waals surface area contributed by atoms with Crippen molar-refractivity contribution in [3.63, 3.8) is 0 Å². The fraction of sp³-hybridized carbons (Fsp3) is 0.458. The zero-order valence-electron chi connectivity index (χ0n) is 20.5. The number of sulfonamides is 2. The van der Waals surface area contributed by atoms with Gasteiger partial charge in [-0.25, -0.2) is 21.2 Å². The topological polar surface area (TPSA) is 121 Å². The van der Waals surface area contributed by atoms with E-state index in [2.05, 4.69) is 0 Å². The van der Waals surface area contributed by atoms with Crippen molar-refractivity contribution >= 4 is 43.7 Å². The maximum absolute atomic E-state index is 13.3. The zero-order valence-corrected chi connectivity index (χ0v) is 22.9. The van der Waals surface area contributed by atoms with Crippen molar-refractivity contribution < 1.29 is 26.0 Å². The van der Waals surface area contributed by atoms with Crippen molar-refractivity contribution in [2.75, 3.05) is 49.9 Å². The van der Waals surface area contributed by atoms with E-state index >= 15 is 0 Å². The number of hydrogen-bond donors (Lipinski definition) is 0. The Balaban J connectivity index is 1.46. The summed E-state index contributed by atoms with van der Waals surface area (Å²) in [5, 5.41) is 12.9. The minimum Gasteiger partial charge on any atom is -0.756 e. The van der Waals surface area contributed by atoms with E-state index in [1.165, 1.54) is 38.9 Å². The van der Waals surface area contributed by atoms with E-state index < -0.39 is 37.8 Å². The van der Waals surface area contributed by atoms with Gasteiger partial charge in [-0.15, -0.1) is 0 Å². The Kier molecular flexibility index (Phi) is 8.95. The lowest BCUT2D eigenvalue weighted by Crippen LogP contribution is -2.54. The van der Waals surface area contributed by atoms with E-state index in [0.29, 0.717) is 25.9 Å². The molecule has 1 amide bonds. The standard InChI is InChI=1S/C24H29ClFN4O6S2/c25-20-4-1-5-23(15-20)38(35,36)29-10-2-3-19(16-29)24(30(32)18-31)17-37(33,34)28-13-11-27(12-14-28)22-8-6-21(26)7-9-22/h1,4-9,15,18-19,24H,2-3,10-14,16-17H2/q-1. The van der Waals surface area contributed by atoms with E-state index in [0.717, 1.165) is 5.69 Å². The van der Waals surface area contributed by atoms with Crippen LogP contribution in [0, 0.1) is 16.9 Å². The number of carbonyl (C=O) groups excluding carboxylic acids is 1. The fourth-order valence-electron chi connectivity index (χ4n) is 4.98. The highest BCUT2D eigenvalue weighted by Crippen LogP contribution is 2.29. The molecular formula is C24H29ClFN4O6S2-. The SMILES string of the molecule is O=CN([O-])C(CS(=O)(=O)N1CCN(c2ccc(F)cc2)CC1)C1CCCN(S(=O)(=O)c2cccc(Cl)c2)C1. The smallest absolute Gasteiger partial charge is 0.243 e. The highest BCUT2D eigenvalue weighted by atomic mass is 35.5. The van der Waals surface area contributed by atoms with Crippen LogP contribution in [0.5, 0.6) is 0 Å². The molecule has 14 heteroatoms. The van der Waals surface area contributed by atoms with Crippen molar-refractivity contribution in [3.05, 3.63) is 64.6 Å². The normalized spacial score (nSPS) is 20.7. The third kappa shape index (κ3) is 6.46. The van der Waals surface area contributed by atoms with Crippen LogP contribution in [0.15, 0.2) is 53.4 Å². The molecule has 2 aliphatic heterocycles. The van der Waals surface area contributed by atoms with Crippen LogP contribution in [-0.4, -0.2) is 88.0 Å². The molecule has 0 aliphatic carbocycles. The summed E-state index contributed by atoms with van der Waals surface area (Å²) in [6.45, 7) is 1.17. The molecule has 0 N–H and O–H groups in total. The second kappa shape index (κ2) is 11.8. The van der Waals surface area contributed by atoms with Gasteiger partial charge in [0, 0.05) is 56.0 Å². The number of piperazine rings is 1. The number of rotatable bonds is 9. The van der Waals surface area contributed by atoms with Gasteiger partial charge in [0.25, 0.3) is 0 Å². The average molecular weight is 588 g/mol. The van der Waals surface area contributed by atoms with Crippen LogP contribution in [0.3, 0.4) is 0 Å². The van der Waals surface area contributed by atoms with Crippen molar-refractivity contribution in [1.29, 1.82) is 0 Å². The summed E-state index contributed by atoms with van der Waals surface area (Å²) in [7, 11) is -7.88.